The summed E-state index contributed by atoms with van der Waals surface area (Å²) in [5.41, 5.74) is 0.964. The van der Waals surface area contributed by atoms with Crippen LogP contribution in [0.5, 0.6) is 5.75 Å². The molecule has 0 fully saturated rings. The molecule has 5 nitrogen and oxygen atoms in total. The van der Waals surface area contributed by atoms with Gasteiger partial charge in [-0.3, -0.25) is 10.1 Å². The van der Waals surface area contributed by atoms with Crippen LogP contribution in [0.15, 0.2) is 51.4 Å². The highest BCUT2D eigenvalue weighted by Gasteiger charge is 2.09. The molecule has 0 saturated heterocycles. The molecule has 1 amide bonds. The Morgan fingerprint density at radius 2 is 2.00 bits per heavy atom. The molecule has 2 aromatic carbocycles. The first-order valence-corrected chi connectivity index (χ1v) is 8.67. The number of nitrogens with one attached hydrogen (secondary N) is 2. The minimum absolute atomic E-state index is 0.0983. The summed E-state index contributed by atoms with van der Waals surface area (Å²) in [7, 11) is 0. The molecule has 24 heavy (non-hydrogen) atoms. The monoisotopic (exact) mass is 467 g/mol. The normalized spacial score (nSPS) is 9.71. The fraction of sp³-hybridized carbons (Fsp3) is 0.0625. The maximum Gasteiger partial charge on any atom is 0.264 e. The van der Waals surface area contributed by atoms with Crippen LogP contribution in [0.1, 0.15) is 5.56 Å². The summed E-state index contributed by atoms with van der Waals surface area (Å²) in [6.07, 6.45) is 0. The number of rotatable bonds is 4. The number of para-hydroxylation sites is 1. The molecule has 2 N–H and O–H groups in total. The van der Waals surface area contributed by atoms with Crippen LogP contribution >= 0.6 is 44.1 Å². The van der Waals surface area contributed by atoms with Crippen molar-refractivity contribution in [3.05, 3.63) is 57.0 Å². The highest BCUT2D eigenvalue weighted by Crippen LogP contribution is 2.28. The lowest BCUT2D eigenvalue weighted by Gasteiger charge is -2.12. The maximum atomic E-state index is 11.9. The van der Waals surface area contributed by atoms with Crippen LogP contribution in [0.3, 0.4) is 0 Å². The summed E-state index contributed by atoms with van der Waals surface area (Å²) in [4.78, 5) is 11.9. The van der Waals surface area contributed by atoms with E-state index in [0.717, 1.165) is 8.95 Å². The quantitative estimate of drug-likeness (QED) is 0.664. The Bertz CT molecular complexity index is 821. The minimum atomic E-state index is -0.406. The van der Waals surface area contributed by atoms with Crippen LogP contribution in [0.4, 0.5) is 5.69 Å². The lowest BCUT2D eigenvalue weighted by Crippen LogP contribution is -2.37. The second-order valence-electron chi connectivity index (χ2n) is 4.52. The highest BCUT2D eigenvalue weighted by atomic mass is 79.9. The van der Waals surface area contributed by atoms with Crippen molar-refractivity contribution >= 4 is 60.8 Å². The molecule has 2 aromatic rings. The molecule has 0 heterocycles. The summed E-state index contributed by atoms with van der Waals surface area (Å²) < 4.78 is 7.06. The van der Waals surface area contributed by atoms with Gasteiger partial charge in [0.2, 0.25) is 0 Å². The van der Waals surface area contributed by atoms with Crippen LogP contribution in [0.25, 0.3) is 0 Å². The van der Waals surface area contributed by atoms with Gasteiger partial charge in [0.15, 0.2) is 11.7 Å². The molecule has 0 atom stereocenters. The molecule has 0 aliphatic carbocycles. The Hall–Kier alpha value is -1.95. The molecule has 0 unspecified atom stereocenters. The number of ether oxygens (including phenoxy) is 1. The number of carbonyl (C=O) groups excluding carboxylic acids is 1. The average molecular weight is 469 g/mol. The van der Waals surface area contributed by atoms with Gasteiger partial charge in [0, 0.05) is 4.47 Å². The number of carbonyl (C=O) groups is 1. The molecule has 122 valence electrons. The van der Waals surface area contributed by atoms with E-state index in [0.29, 0.717) is 17.0 Å². The molecule has 0 aliphatic heterocycles. The molecular weight excluding hydrogens is 458 g/mol. The van der Waals surface area contributed by atoms with E-state index >= 15 is 0 Å². The first-order chi connectivity index (χ1) is 11.5. The van der Waals surface area contributed by atoms with E-state index in [1.807, 2.05) is 18.2 Å². The second-order valence-corrected chi connectivity index (χ2v) is 6.70. The van der Waals surface area contributed by atoms with E-state index in [2.05, 4.69) is 42.5 Å². The molecule has 0 spiro atoms. The zero-order valence-electron chi connectivity index (χ0n) is 12.2. The van der Waals surface area contributed by atoms with Crippen LogP contribution < -0.4 is 15.4 Å². The number of thiocarbonyl (C=S) groups is 1. The number of hydrogen-bond donors (Lipinski definition) is 2. The Morgan fingerprint density at radius 3 is 2.71 bits per heavy atom. The van der Waals surface area contributed by atoms with Gasteiger partial charge >= 0.3 is 0 Å². The Morgan fingerprint density at radius 1 is 1.25 bits per heavy atom. The van der Waals surface area contributed by atoms with Gasteiger partial charge in [0.25, 0.3) is 5.91 Å². The number of amides is 1. The Kier molecular flexibility index (Phi) is 6.73. The van der Waals surface area contributed by atoms with Gasteiger partial charge in [-0.25, -0.2) is 0 Å². The smallest absolute Gasteiger partial charge is 0.264 e. The van der Waals surface area contributed by atoms with Gasteiger partial charge in [-0.05, 0) is 58.5 Å². The van der Waals surface area contributed by atoms with Crippen molar-refractivity contribution in [3.8, 4) is 11.8 Å². The molecule has 0 radical (unpaired) electrons. The Labute approximate surface area is 161 Å². The topological polar surface area (TPSA) is 74.2 Å². The maximum absolute atomic E-state index is 11.9. The molecule has 2 rings (SSSR count). The third-order valence-corrected chi connectivity index (χ3v) is 4.12. The van der Waals surface area contributed by atoms with Crippen molar-refractivity contribution in [2.75, 3.05) is 11.9 Å². The summed E-state index contributed by atoms with van der Waals surface area (Å²) in [6, 6.07) is 14.3. The van der Waals surface area contributed by atoms with Gasteiger partial charge in [-0.2, -0.15) is 5.26 Å². The fourth-order valence-electron chi connectivity index (χ4n) is 1.74. The SMILES string of the molecule is N#Cc1ccccc1NC(=S)NC(=O)COc1ccc(Br)cc1Br. The largest absolute Gasteiger partial charge is 0.483 e. The lowest BCUT2D eigenvalue weighted by atomic mass is 10.2. The Balaban J connectivity index is 1.88. The van der Waals surface area contributed by atoms with Crippen molar-refractivity contribution in [2.24, 2.45) is 0 Å². The van der Waals surface area contributed by atoms with Crippen molar-refractivity contribution in [2.45, 2.75) is 0 Å². The minimum Gasteiger partial charge on any atom is -0.483 e. The molecular formula is C16H11Br2N3O2S. The van der Waals surface area contributed by atoms with Crippen LogP contribution in [-0.2, 0) is 4.79 Å². The first kappa shape index (κ1) is 18.4. The zero-order chi connectivity index (χ0) is 17.5. The van der Waals surface area contributed by atoms with E-state index < -0.39 is 5.91 Å². The number of nitrogens with zero attached hydrogens (tertiary/aromatic N) is 1. The van der Waals surface area contributed by atoms with Gasteiger partial charge in [-0.15, -0.1) is 0 Å². The van der Waals surface area contributed by atoms with Gasteiger partial charge in [0.05, 0.1) is 15.7 Å². The number of anilines is 1. The van der Waals surface area contributed by atoms with E-state index in [9.17, 15) is 4.79 Å². The fourth-order valence-corrected chi connectivity index (χ4v) is 3.13. The van der Waals surface area contributed by atoms with Crippen molar-refractivity contribution in [1.29, 1.82) is 5.26 Å². The molecule has 0 aromatic heterocycles. The summed E-state index contributed by atoms with van der Waals surface area (Å²) >= 11 is 11.8. The van der Waals surface area contributed by atoms with Crippen LogP contribution in [0.2, 0.25) is 0 Å². The van der Waals surface area contributed by atoms with Crippen LogP contribution in [0, 0.1) is 11.3 Å². The molecule has 0 saturated carbocycles. The average Bonchev–Trinajstić information content (AvgIpc) is 2.54. The summed E-state index contributed by atoms with van der Waals surface area (Å²) in [6.45, 7) is -0.193. The predicted molar refractivity (Wildman–Crippen MR) is 103 cm³/mol. The standard InChI is InChI=1S/C16H11Br2N3O2S/c17-11-5-6-14(12(18)7-11)23-9-15(22)21-16(24)20-13-4-2-1-3-10(13)8-19/h1-7H,9H2,(H2,20,21,22,24). The number of benzene rings is 2. The van der Waals surface area contributed by atoms with Crippen LogP contribution in [-0.4, -0.2) is 17.6 Å². The molecule has 8 heteroatoms. The van der Waals surface area contributed by atoms with Crippen molar-refractivity contribution in [3.63, 3.8) is 0 Å². The number of hydrogen-bond acceptors (Lipinski definition) is 4. The molecule has 0 bridgehead atoms. The third kappa shape index (κ3) is 5.30. The van der Waals surface area contributed by atoms with E-state index in [1.165, 1.54) is 0 Å². The first-order valence-electron chi connectivity index (χ1n) is 6.67. The number of halogens is 2. The van der Waals surface area contributed by atoms with Crippen molar-refractivity contribution < 1.29 is 9.53 Å². The summed E-state index contributed by atoms with van der Waals surface area (Å²) in [5.74, 6) is 0.138. The summed E-state index contributed by atoms with van der Waals surface area (Å²) in [5, 5.41) is 14.4. The lowest BCUT2D eigenvalue weighted by molar-refractivity contribution is -0.121. The van der Waals surface area contributed by atoms with E-state index in [-0.39, 0.29) is 11.7 Å². The highest BCUT2D eigenvalue weighted by molar-refractivity contribution is 9.11. The van der Waals surface area contributed by atoms with Crippen molar-refractivity contribution in [1.82, 2.24) is 5.32 Å². The zero-order valence-corrected chi connectivity index (χ0v) is 16.2. The second kappa shape index (κ2) is 8.78. The third-order valence-electron chi connectivity index (χ3n) is 2.80. The predicted octanol–water partition coefficient (Wildman–Crippen LogP) is 3.98. The van der Waals surface area contributed by atoms with E-state index in [4.69, 9.17) is 22.2 Å². The van der Waals surface area contributed by atoms with Gasteiger partial charge in [0.1, 0.15) is 11.8 Å². The number of nitriles is 1. The van der Waals surface area contributed by atoms with Gasteiger partial charge in [-0.1, -0.05) is 28.1 Å². The van der Waals surface area contributed by atoms with Gasteiger partial charge < -0.3 is 10.1 Å². The van der Waals surface area contributed by atoms with E-state index in [1.54, 1.807) is 30.3 Å². The molecule has 0 aliphatic rings.